The molecule has 1 aromatic carbocycles. The maximum Gasteiger partial charge on any atom is 0.408 e. The van der Waals surface area contributed by atoms with Crippen molar-refractivity contribution in [2.75, 3.05) is 33.4 Å². The molecule has 0 spiro atoms. The zero-order chi connectivity index (χ0) is 23.1. The Bertz CT molecular complexity index is 769. The number of hydrogen-bond donors (Lipinski definition) is 3. The molecule has 32 heavy (non-hydrogen) atoms. The number of nitrogens with one attached hydrogen (secondary N) is 3. The molecular formula is C24H41IN4O3. The van der Waals surface area contributed by atoms with Crippen molar-refractivity contribution in [1.82, 2.24) is 16.0 Å². The van der Waals surface area contributed by atoms with Gasteiger partial charge in [0.25, 0.3) is 0 Å². The van der Waals surface area contributed by atoms with E-state index < -0.39 is 17.2 Å². The third-order valence-electron chi connectivity index (χ3n) is 5.52. The average Bonchev–Trinajstić information content (AvgIpc) is 2.67. The molecule has 0 bridgehead atoms. The SMILES string of the molecule is CN=C(NCC(C)(C)NC(=O)OC(C)(C)C)NCC1(c2ccccc2C)CCOCC1.I. The first-order valence-electron chi connectivity index (χ1n) is 11.1. The first-order valence-corrected chi connectivity index (χ1v) is 11.1. The largest absolute Gasteiger partial charge is 0.444 e. The van der Waals surface area contributed by atoms with E-state index in [0.29, 0.717) is 12.5 Å². The number of alkyl carbamates (subject to hydrolysis) is 1. The van der Waals surface area contributed by atoms with Crippen LogP contribution in [-0.2, 0) is 14.9 Å². The monoisotopic (exact) mass is 560 g/mol. The Morgan fingerprint density at radius 1 is 1.12 bits per heavy atom. The van der Waals surface area contributed by atoms with Crippen LogP contribution in [0.2, 0.25) is 0 Å². The average molecular weight is 561 g/mol. The molecule has 182 valence electrons. The zero-order valence-electron chi connectivity index (χ0n) is 20.6. The molecule has 0 aliphatic carbocycles. The minimum Gasteiger partial charge on any atom is -0.444 e. The van der Waals surface area contributed by atoms with Gasteiger partial charge >= 0.3 is 6.09 Å². The third kappa shape index (κ3) is 8.77. The topological polar surface area (TPSA) is 84.0 Å². The number of halogens is 1. The van der Waals surface area contributed by atoms with E-state index in [-0.39, 0.29) is 29.4 Å². The van der Waals surface area contributed by atoms with Gasteiger partial charge in [0.2, 0.25) is 0 Å². The summed E-state index contributed by atoms with van der Waals surface area (Å²) in [6.45, 7) is 14.4. The van der Waals surface area contributed by atoms with E-state index in [1.165, 1.54) is 11.1 Å². The van der Waals surface area contributed by atoms with Gasteiger partial charge in [-0.15, -0.1) is 24.0 Å². The molecule has 1 fully saturated rings. The summed E-state index contributed by atoms with van der Waals surface area (Å²) < 4.78 is 11.0. The predicted octanol–water partition coefficient (Wildman–Crippen LogP) is 4.13. The molecule has 2 rings (SSSR count). The van der Waals surface area contributed by atoms with Crippen LogP contribution in [0.3, 0.4) is 0 Å². The van der Waals surface area contributed by atoms with Crippen LogP contribution in [0.25, 0.3) is 0 Å². The van der Waals surface area contributed by atoms with Crippen molar-refractivity contribution in [2.24, 2.45) is 4.99 Å². The van der Waals surface area contributed by atoms with Crippen LogP contribution in [0.15, 0.2) is 29.3 Å². The second kappa shape index (κ2) is 12.1. The lowest BCUT2D eigenvalue weighted by molar-refractivity contribution is 0.0474. The Kier molecular flexibility index (Phi) is 10.7. The van der Waals surface area contributed by atoms with Gasteiger partial charge in [0, 0.05) is 38.8 Å². The van der Waals surface area contributed by atoms with Crippen LogP contribution in [0.4, 0.5) is 4.79 Å². The van der Waals surface area contributed by atoms with E-state index in [4.69, 9.17) is 9.47 Å². The Balaban J connectivity index is 0.00000512. The molecule has 0 saturated carbocycles. The van der Waals surface area contributed by atoms with Gasteiger partial charge in [0.1, 0.15) is 5.60 Å². The lowest BCUT2D eigenvalue weighted by Gasteiger charge is -2.39. The molecule has 1 aliphatic heterocycles. The number of nitrogens with zero attached hydrogens (tertiary/aromatic N) is 1. The van der Waals surface area contributed by atoms with Gasteiger partial charge in [-0.05, 0) is 65.5 Å². The number of amides is 1. The molecule has 1 aliphatic rings. The van der Waals surface area contributed by atoms with Crippen molar-refractivity contribution in [3.05, 3.63) is 35.4 Å². The summed E-state index contributed by atoms with van der Waals surface area (Å²) in [7, 11) is 1.76. The minimum absolute atomic E-state index is 0. The minimum atomic E-state index is -0.529. The quantitative estimate of drug-likeness (QED) is 0.277. The first-order chi connectivity index (χ1) is 14.5. The van der Waals surface area contributed by atoms with Crippen molar-refractivity contribution in [3.8, 4) is 0 Å². The third-order valence-corrected chi connectivity index (χ3v) is 5.52. The van der Waals surface area contributed by atoms with Crippen molar-refractivity contribution in [1.29, 1.82) is 0 Å². The first kappa shape index (κ1) is 28.5. The molecule has 0 atom stereocenters. The number of carbonyl (C=O) groups is 1. The van der Waals surface area contributed by atoms with Gasteiger partial charge in [-0.2, -0.15) is 0 Å². The van der Waals surface area contributed by atoms with Crippen molar-refractivity contribution in [3.63, 3.8) is 0 Å². The fraction of sp³-hybridized carbons (Fsp3) is 0.667. The van der Waals surface area contributed by atoms with Crippen LogP contribution < -0.4 is 16.0 Å². The maximum absolute atomic E-state index is 12.1. The molecule has 1 amide bonds. The zero-order valence-corrected chi connectivity index (χ0v) is 23.0. The van der Waals surface area contributed by atoms with Gasteiger partial charge in [-0.3, -0.25) is 4.99 Å². The van der Waals surface area contributed by atoms with E-state index in [9.17, 15) is 4.79 Å². The van der Waals surface area contributed by atoms with Gasteiger partial charge in [0.15, 0.2) is 5.96 Å². The van der Waals surface area contributed by atoms with Crippen molar-refractivity contribution < 1.29 is 14.3 Å². The summed E-state index contributed by atoms with van der Waals surface area (Å²) in [5.74, 6) is 0.707. The van der Waals surface area contributed by atoms with E-state index in [1.54, 1.807) is 7.05 Å². The smallest absolute Gasteiger partial charge is 0.408 e. The summed E-state index contributed by atoms with van der Waals surface area (Å²) in [5.41, 5.74) is 1.64. The maximum atomic E-state index is 12.1. The number of guanidine groups is 1. The molecule has 0 radical (unpaired) electrons. The van der Waals surface area contributed by atoms with Crippen LogP contribution in [0, 0.1) is 6.92 Å². The Labute approximate surface area is 210 Å². The highest BCUT2D eigenvalue weighted by Crippen LogP contribution is 2.36. The standard InChI is InChI=1S/C24H40N4O3.HI/c1-18-10-8-9-11-19(18)24(12-14-30-15-13-24)17-27-20(25-7)26-16-23(5,6)28-21(29)31-22(2,3)4;/h8-11H,12-17H2,1-7H3,(H,28,29)(H2,25,26,27);1H. The van der Waals surface area contributed by atoms with Gasteiger partial charge < -0.3 is 25.4 Å². The lowest BCUT2D eigenvalue weighted by Crippen LogP contribution is -2.55. The summed E-state index contributed by atoms with van der Waals surface area (Å²) in [6.07, 6.45) is 1.50. The van der Waals surface area contributed by atoms with Crippen LogP contribution >= 0.6 is 24.0 Å². The van der Waals surface area contributed by atoms with E-state index in [2.05, 4.69) is 52.1 Å². The highest BCUT2D eigenvalue weighted by Gasteiger charge is 2.35. The number of rotatable bonds is 6. The summed E-state index contributed by atoms with van der Waals surface area (Å²) >= 11 is 0. The number of aryl methyl sites for hydroxylation is 1. The van der Waals surface area contributed by atoms with Crippen LogP contribution in [0.5, 0.6) is 0 Å². The highest BCUT2D eigenvalue weighted by atomic mass is 127. The summed E-state index contributed by atoms with van der Waals surface area (Å²) in [5, 5.41) is 9.76. The molecule has 3 N–H and O–H groups in total. The number of ether oxygens (including phenoxy) is 2. The summed E-state index contributed by atoms with van der Waals surface area (Å²) in [4.78, 5) is 16.5. The number of hydrogen-bond acceptors (Lipinski definition) is 4. The van der Waals surface area contributed by atoms with Gasteiger partial charge in [-0.1, -0.05) is 24.3 Å². The second-order valence-corrected chi connectivity index (χ2v) is 10.00. The predicted molar refractivity (Wildman–Crippen MR) is 141 cm³/mol. The molecule has 1 aromatic rings. The Hall–Kier alpha value is -1.55. The van der Waals surface area contributed by atoms with E-state index in [0.717, 1.165) is 32.6 Å². The van der Waals surface area contributed by atoms with Gasteiger partial charge in [0.05, 0.1) is 5.54 Å². The molecule has 1 saturated heterocycles. The highest BCUT2D eigenvalue weighted by molar-refractivity contribution is 14.0. The Morgan fingerprint density at radius 2 is 1.75 bits per heavy atom. The van der Waals surface area contributed by atoms with Crippen molar-refractivity contribution >= 4 is 36.0 Å². The lowest BCUT2D eigenvalue weighted by atomic mass is 9.72. The summed E-state index contributed by atoms with van der Waals surface area (Å²) in [6, 6.07) is 8.59. The van der Waals surface area contributed by atoms with Crippen LogP contribution in [0.1, 0.15) is 58.6 Å². The molecule has 8 heteroatoms. The molecule has 0 unspecified atom stereocenters. The Morgan fingerprint density at radius 3 is 2.31 bits per heavy atom. The van der Waals surface area contributed by atoms with Crippen LogP contribution in [-0.4, -0.2) is 56.5 Å². The van der Waals surface area contributed by atoms with Gasteiger partial charge in [-0.25, -0.2) is 4.79 Å². The molecular weight excluding hydrogens is 519 g/mol. The van der Waals surface area contributed by atoms with E-state index >= 15 is 0 Å². The molecule has 0 aromatic heterocycles. The number of aliphatic imine (C=N–C) groups is 1. The molecule has 1 heterocycles. The van der Waals surface area contributed by atoms with Crippen molar-refractivity contribution in [2.45, 2.75) is 70.9 Å². The number of carbonyl (C=O) groups excluding carboxylic acids is 1. The molecule has 7 nitrogen and oxygen atoms in total. The fourth-order valence-corrected chi connectivity index (χ4v) is 3.87. The normalized spacial score (nSPS) is 16.5. The van der Waals surface area contributed by atoms with E-state index in [1.807, 2.05) is 34.6 Å². The number of benzene rings is 1. The second-order valence-electron chi connectivity index (χ2n) is 10.00. The fourth-order valence-electron chi connectivity index (χ4n) is 3.87.